The van der Waals surface area contributed by atoms with E-state index in [4.69, 9.17) is 11.6 Å². The molecule has 76 valence electrons. The van der Waals surface area contributed by atoms with E-state index in [2.05, 4.69) is 12.2 Å². The van der Waals surface area contributed by atoms with Crippen molar-refractivity contribution in [2.75, 3.05) is 12.3 Å². The van der Waals surface area contributed by atoms with Crippen molar-refractivity contribution in [1.82, 2.24) is 5.32 Å². The van der Waals surface area contributed by atoms with E-state index in [1.807, 2.05) is 18.7 Å². The quantitative estimate of drug-likeness (QED) is 0.739. The fraction of sp³-hybridized carbons (Fsp3) is 0.889. The molecule has 1 aliphatic heterocycles. The molecule has 0 radical (unpaired) electrons. The van der Waals surface area contributed by atoms with Gasteiger partial charge in [-0.25, -0.2) is 0 Å². The molecule has 0 saturated carbocycles. The molecule has 0 aromatic rings. The standard InChI is InChI=1S/C9H16ClNOS/c1-3-11-8(12)7(10)9(2)5-4-6-13-9/h7H,3-6H2,1-2H3,(H,11,12). The average molecular weight is 222 g/mol. The lowest BCUT2D eigenvalue weighted by Gasteiger charge is -2.27. The number of alkyl halides is 1. The van der Waals surface area contributed by atoms with Gasteiger partial charge in [0, 0.05) is 11.3 Å². The number of carbonyl (C=O) groups excluding carboxylic acids is 1. The molecule has 2 atom stereocenters. The number of thioether (sulfide) groups is 1. The minimum Gasteiger partial charge on any atom is -0.355 e. The summed E-state index contributed by atoms with van der Waals surface area (Å²) in [6, 6.07) is 0. The first-order chi connectivity index (χ1) is 6.10. The second kappa shape index (κ2) is 4.56. The fourth-order valence-electron chi connectivity index (χ4n) is 1.54. The Bertz CT molecular complexity index is 192. The molecule has 1 aliphatic rings. The molecular weight excluding hydrogens is 206 g/mol. The zero-order valence-electron chi connectivity index (χ0n) is 8.10. The van der Waals surface area contributed by atoms with Gasteiger partial charge in [0.05, 0.1) is 0 Å². The first-order valence-electron chi connectivity index (χ1n) is 4.66. The van der Waals surface area contributed by atoms with E-state index < -0.39 is 0 Å². The zero-order chi connectivity index (χ0) is 9.90. The summed E-state index contributed by atoms with van der Waals surface area (Å²) < 4.78 is -0.0548. The van der Waals surface area contributed by atoms with Gasteiger partial charge in [-0.15, -0.1) is 11.6 Å². The highest BCUT2D eigenvalue weighted by atomic mass is 35.5. The summed E-state index contributed by atoms with van der Waals surface area (Å²) in [7, 11) is 0. The summed E-state index contributed by atoms with van der Waals surface area (Å²) in [5.41, 5.74) is 0. The maximum Gasteiger partial charge on any atom is 0.239 e. The molecule has 0 aliphatic carbocycles. The van der Waals surface area contributed by atoms with Crippen molar-refractivity contribution in [3.8, 4) is 0 Å². The van der Waals surface area contributed by atoms with E-state index in [0.717, 1.165) is 12.2 Å². The van der Waals surface area contributed by atoms with Crippen molar-refractivity contribution in [3.05, 3.63) is 0 Å². The van der Waals surface area contributed by atoms with Crippen LogP contribution in [0.3, 0.4) is 0 Å². The summed E-state index contributed by atoms with van der Waals surface area (Å²) in [6.45, 7) is 4.64. The van der Waals surface area contributed by atoms with Gasteiger partial charge in [-0.1, -0.05) is 0 Å². The third-order valence-corrected chi connectivity index (χ3v) is 4.77. The van der Waals surface area contributed by atoms with Gasteiger partial charge in [0.15, 0.2) is 0 Å². The fourth-order valence-corrected chi connectivity index (χ4v) is 3.21. The van der Waals surface area contributed by atoms with Crippen molar-refractivity contribution in [2.24, 2.45) is 0 Å². The molecule has 1 N–H and O–H groups in total. The Labute approximate surface area is 88.8 Å². The maximum atomic E-state index is 11.5. The monoisotopic (exact) mass is 221 g/mol. The Hall–Kier alpha value is 0.110. The number of rotatable bonds is 3. The van der Waals surface area contributed by atoms with Gasteiger partial charge in [-0.2, -0.15) is 11.8 Å². The van der Waals surface area contributed by atoms with Crippen molar-refractivity contribution in [2.45, 2.75) is 36.8 Å². The van der Waals surface area contributed by atoms with Gasteiger partial charge < -0.3 is 5.32 Å². The largest absolute Gasteiger partial charge is 0.355 e. The molecule has 1 amide bonds. The summed E-state index contributed by atoms with van der Waals surface area (Å²) in [5, 5.41) is 2.37. The summed E-state index contributed by atoms with van der Waals surface area (Å²) in [4.78, 5) is 11.5. The van der Waals surface area contributed by atoms with Crippen molar-refractivity contribution in [3.63, 3.8) is 0 Å². The van der Waals surface area contributed by atoms with Crippen LogP contribution in [0.4, 0.5) is 0 Å². The molecule has 2 unspecified atom stereocenters. The molecule has 0 aromatic heterocycles. The van der Waals surface area contributed by atoms with Crippen molar-refractivity contribution < 1.29 is 4.79 Å². The van der Waals surface area contributed by atoms with Crippen LogP contribution < -0.4 is 5.32 Å². The predicted molar refractivity (Wildman–Crippen MR) is 58.4 cm³/mol. The van der Waals surface area contributed by atoms with Crippen LogP contribution >= 0.6 is 23.4 Å². The first kappa shape index (κ1) is 11.2. The second-order valence-electron chi connectivity index (χ2n) is 3.52. The molecule has 0 bridgehead atoms. The Morgan fingerprint density at radius 1 is 1.77 bits per heavy atom. The molecule has 1 rings (SSSR count). The van der Waals surface area contributed by atoms with Crippen LogP contribution in [0.25, 0.3) is 0 Å². The van der Waals surface area contributed by atoms with Gasteiger partial charge in [0.1, 0.15) is 5.38 Å². The minimum atomic E-state index is -0.389. The second-order valence-corrected chi connectivity index (χ2v) is 5.59. The highest BCUT2D eigenvalue weighted by molar-refractivity contribution is 8.01. The molecular formula is C9H16ClNOS. The van der Waals surface area contributed by atoms with Gasteiger partial charge >= 0.3 is 0 Å². The van der Waals surface area contributed by atoms with E-state index in [1.165, 1.54) is 6.42 Å². The molecule has 4 heteroatoms. The molecule has 0 spiro atoms. The number of nitrogens with one attached hydrogen (secondary N) is 1. The highest BCUT2D eigenvalue weighted by Crippen LogP contribution is 2.42. The minimum absolute atomic E-state index is 0.0268. The maximum absolute atomic E-state index is 11.5. The Morgan fingerprint density at radius 3 is 2.92 bits per heavy atom. The third kappa shape index (κ3) is 2.53. The number of hydrogen-bond donors (Lipinski definition) is 1. The Morgan fingerprint density at radius 2 is 2.46 bits per heavy atom. The van der Waals surface area contributed by atoms with E-state index in [1.54, 1.807) is 0 Å². The topological polar surface area (TPSA) is 29.1 Å². The van der Waals surface area contributed by atoms with Crippen LogP contribution in [0.1, 0.15) is 26.7 Å². The van der Waals surface area contributed by atoms with Crippen LogP contribution in [0.2, 0.25) is 0 Å². The Kier molecular flexibility index (Phi) is 3.92. The van der Waals surface area contributed by atoms with E-state index in [9.17, 15) is 4.79 Å². The first-order valence-corrected chi connectivity index (χ1v) is 6.08. The van der Waals surface area contributed by atoms with Crippen LogP contribution in [0.5, 0.6) is 0 Å². The lowest BCUT2D eigenvalue weighted by atomic mass is 10.0. The molecule has 1 fully saturated rings. The van der Waals surface area contributed by atoms with Gasteiger partial charge in [0.25, 0.3) is 0 Å². The molecule has 1 saturated heterocycles. The lowest BCUT2D eigenvalue weighted by molar-refractivity contribution is -0.121. The van der Waals surface area contributed by atoms with E-state index in [-0.39, 0.29) is 16.0 Å². The number of carbonyl (C=O) groups is 1. The van der Waals surface area contributed by atoms with E-state index >= 15 is 0 Å². The zero-order valence-corrected chi connectivity index (χ0v) is 9.67. The van der Waals surface area contributed by atoms with Crippen LogP contribution in [-0.2, 0) is 4.79 Å². The molecule has 2 nitrogen and oxygen atoms in total. The molecule has 1 heterocycles. The molecule has 0 aromatic carbocycles. The summed E-state index contributed by atoms with van der Waals surface area (Å²) >= 11 is 7.94. The summed E-state index contributed by atoms with van der Waals surface area (Å²) in [5.74, 6) is 1.10. The SMILES string of the molecule is CCNC(=O)C(Cl)C1(C)CCCS1. The molecule has 13 heavy (non-hydrogen) atoms. The van der Waals surface area contributed by atoms with Crippen LogP contribution in [0, 0.1) is 0 Å². The van der Waals surface area contributed by atoms with Crippen molar-refractivity contribution in [1.29, 1.82) is 0 Å². The Balaban J connectivity index is 2.54. The number of halogens is 1. The highest BCUT2D eigenvalue weighted by Gasteiger charge is 2.40. The number of hydrogen-bond acceptors (Lipinski definition) is 2. The van der Waals surface area contributed by atoms with Crippen LogP contribution in [-0.4, -0.2) is 28.3 Å². The number of amides is 1. The van der Waals surface area contributed by atoms with Gasteiger partial charge in [-0.3, -0.25) is 4.79 Å². The smallest absolute Gasteiger partial charge is 0.239 e. The average Bonchev–Trinajstić information content (AvgIpc) is 2.52. The third-order valence-electron chi connectivity index (χ3n) is 2.37. The predicted octanol–water partition coefficient (Wildman–Crippen LogP) is 2.02. The normalized spacial score (nSPS) is 30.1. The van der Waals surface area contributed by atoms with Gasteiger partial charge in [-0.05, 0) is 32.4 Å². The lowest BCUT2D eigenvalue weighted by Crippen LogP contribution is -2.42. The van der Waals surface area contributed by atoms with Crippen LogP contribution in [0.15, 0.2) is 0 Å². The summed E-state index contributed by atoms with van der Waals surface area (Å²) in [6.07, 6.45) is 2.22. The van der Waals surface area contributed by atoms with Gasteiger partial charge in [0.2, 0.25) is 5.91 Å². The van der Waals surface area contributed by atoms with E-state index in [0.29, 0.717) is 6.54 Å². The van der Waals surface area contributed by atoms with Crippen molar-refractivity contribution >= 4 is 29.3 Å².